The maximum Gasteiger partial charge on any atom is 0.269 e. The number of hydrogen-bond acceptors (Lipinski definition) is 6. The van der Waals surface area contributed by atoms with Crippen molar-refractivity contribution in [2.24, 2.45) is 0 Å². The molecule has 1 N–H and O–H groups in total. The van der Waals surface area contributed by atoms with Crippen molar-refractivity contribution in [2.45, 2.75) is 25.9 Å². The summed E-state index contributed by atoms with van der Waals surface area (Å²) >= 11 is 7.19. The predicted octanol–water partition coefficient (Wildman–Crippen LogP) is 4.59. The molecule has 3 aromatic rings. The van der Waals surface area contributed by atoms with Gasteiger partial charge < -0.3 is 9.47 Å². The van der Waals surface area contributed by atoms with Crippen molar-refractivity contribution in [3.05, 3.63) is 64.1 Å². The second-order valence-electron chi connectivity index (χ2n) is 6.51. The van der Waals surface area contributed by atoms with Crippen LogP contribution in [0, 0.1) is 0 Å². The van der Waals surface area contributed by atoms with Crippen LogP contribution in [-0.2, 0) is 11.2 Å². The predicted molar refractivity (Wildman–Crippen MR) is 110 cm³/mol. The van der Waals surface area contributed by atoms with Gasteiger partial charge in [-0.1, -0.05) is 41.1 Å². The van der Waals surface area contributed by atoms with Crippen molar-refractivity contribution in [1.29, 1.82) is 0 Å². The second kappa shape index (κ2) is 8.58. The number of rotatable bonds is 7. The molecule has 0 unspecified atom stereocenters. The minimum Gasteiger partial charge on any atom is -0.496 e. The number of aromatic nitrogens is 2. The Balaban J connectivity index is 1.65. The van der Waals surface area contributed by atoms with Crippen molar-refractivity contribution in [3.8, 4) is 11.5 Å². The van der Waals surface area contributed by atoms with Crippen LogP contribution in [0.5, 0.6) is 11.5 Å². The molecule has 8 heteroatoms. The Hall–Kier alpha value is -2.64. The molecule has 0 saturated heterocycles. The van der Waals surface area contributed by atoms with Crippen LogP contribution >= 0.6 is 22.9 Å². The van der Waals surface area contributed by atoms with Crippen LogP contribution in [0.2, 0.25) is 5.02 Å². The monoisotopic (exact) mass is 417 g/mol. The zero-order valence-electron chi connectivity index (χ0n) is 15.7. The largest absolute Gasteiger partial charge is 0.496 e. The molecule has 0 radical (unpaired) electrons. The van der Waals surface area contributed by atoms with E-state index in [0.717, 1.165) is 16.3 Å². The molecule has 28 heavy (non-hydrogen) atoms. The van der Waals surface area contributed by atoms with Gasteiger partial charge in [0.25, 0.3) is 5.91 Å². The molecule has 1 amide bonds. The van der Waals surface area contributed by atoms with E-state index in [1.54, 1.807) is 45.2 Å². The summed E-state index contributed by atoms with van der Waals surface area (Å²) in [6.07, 6.45) is 0.572. The molecule has 2 aromatic carbocycles. The number of amides is 1. The Bertz CT molecular complexity index is 957. The number of nitrogens with one attached hydrogen (secondary N) is 1. The fourth-order valence-electron chi connectivity index (χ4n) is 2.48. The van der Waals surface area contributed by atoms with Crippen molar-refractivity contribution in [3.63, 3.8) is 0 Å². The summed E-state index contributed by atoms with van der Waals surface area (Å²) in [5, 5.41) is 12.8. The molecule has 0 atom stereocenters. The van der Waals surface area contributed by atoms with E-state index < -0.39 is 5.60 Å². The van der Waals surface area contributed by atoms with E-state index >= 15 is 0 Å². The number of nitrogens with zero attached hydrogens (tertiary/aromatic N) is 2. The molecule has 6 nitrogen and oxygen atoms in total. The Morgan fingerprint density at radius 1 is 1.14 bits per heavy atom. The Labute approximate surface area is 172 Å². The summed E-state index contributed by atoms with van der Waals surface area (Å²) in [4.78, 5) is 12.6. The van der Waals surface area contributed by atoms with E-state index in [4.69, 9.17) is 21.1 Å². The second-order valence-corrected chi connectivity index (χ2v) is 8.01. The van der Waals surface area contributed by atoms with Crippen molar-refractivity contribution in [1.82, 2.24) is 10.2 Å². The fraction of sp³-hybridized carbons (Fsp3) is 0.250. The molecule has 146 valence electrons. The van der Waals surface area contributed by atoms with Gasteiger partial charge in [-0.15, -0.1) is 10.2 Å². The first-order chi connectivity index (χ1) is 13.4. The highest BCUT2D eigenvalue weighted by molar-refractivity contribution is 7.15. The Morgan fingerprint density at radius 3 is 2.57 bits per heavy atom. The van der Waals surface area contributed by atoms with Crippen LogP contribution in [0.3, 0.4) is 0 Å². The highest BCUT2D eigenvalue weighted by atomic mass is 35.5. The zero-order valence-corrected chi connectivity index (χ0v) is 17.3. The molecule has 0 bridgehead atoms. The Kier molecular flexibility index (Phi) is 6.16. The number of hydrogen-bond donors (Lipinski definition) is 1. The average molecular weight is 418 g/mol. The summed E-state index contributed by atoms with van der Waals surface area (Å²) in [6.45, 7) is 3.38. The van der Waals surface area contributed by atoms with E-state index in [1.807, 2.05) is 24.3 Å². The van der Waals surface area contributed by atoms with Gasteiger partial charge in [0, 0.05) is 17.0 Å². The first-order valence-electron chi connectivity index (χ1n) is 8.58. The van der Waals surface area contributed by atoms with E-state index in [2.05, 4.69) is 15.5 Å². The van der Waals surface area contributed by atoms with Gasteiger partial charge in [-0.05, 0) is 44.2 Å². The molecule has 0 aliphatic heterocycles. The lowest BCUT2D eigenvalue weighted by atomic mass is 10.1. The minimum absolute atomic E-state index is 0.317. The highest BCUT2D eigenvalue weighted by Crippen LogP contribution is 2.26. The maximum absolute atomic E-state index is 12.6. The van der Waals surface area contributed by atoms with Gasteiger partial charge in [-0.3, -0.25) is 10.1 Å². The quantitative estimate of drug-likeness (QED) is 0.608. The molecule has 0 aliphatic rings. The normalized spacial score (nSPS) is 11.1. The highest BCUT2D eigenvalue weighted by Gasteiger charge is 2.31. The third-order valence-corrected chi connectivity index (χ3v) is 5.05. The SMILES string of the molecule is COc1ccccc1Cc1nnc(NC(=O)C(C)(C)Oc2ccc(Cl)cc2)s1. The topological polar surface area (TPSA) is 73.3 Å². The van der Waals surface area contributed by atoms with Crippen LogP contribution < -0.4 is 14.8 Å². The van der Waals surface area contributed by atoms with Crippen LogP contribution in [0.1, 0.15) is 24.4 Å². The number of benzene rings is 2. The molecular weight excluding hydrogens is 398 g/mol. The smallest absolute Gasteiger partial charge is 0.269 e. The lowest BCUT2D eigenvalue weighted by Crippen LogP contribution is -2.42. The Morgan fingerprint density at radius 2 is 1.86 bits per heavy atom. The number of carbonyl (C=O) groups excluding carboxylic acids is 1. The molecule has 3 rings (SSSR count). The summed E-state index contributed by atoms with van der Waals surface area (Å²) in [5.74, 6) is 1.03. The average Bonchev–Trinajstić information content (AvgIpc) is 3.10. The van der Waals surface area contributed by atoms with Gasteiger partial charge in [0.05, 0.1) is 7.11 Å². The van der Waals surface area contributed by atoms with Crippen LogP contribution in [0.25, 0.3) is 0 Å². The molecule has 1 aromatic heterocycles. The van der Waals surface area contributed by atoms with Crippen molar-refractivity contribution < 1.29 is 14.3 Å². The van der Waals surface area contributed by atoms with Crippen LogP contribution in [0.4, 0.5) is 5.13 Å². The lowest BCUT2D eigenvalue weighted by Gasteiger charge is -2.24. The van der Waals surface area contributed by atoms with Crippen LogP contribution in [-0.4, -0.2) is 28.8 Å². The summed E-state index contributed by atoms with van der Waals surface area (Å²) in [6, 6.07) is 14.6. The number of ether oxygens (including phenoxy) is 2. The molecule has 0 fully saturated rings. The first kappa shape index (κ1) is 20.1. The van der Waals surface area contributed by atoms with E-state index in [-0.39, 0.29) is 5.91 Å². The fourth-order valence-corrected chi connectivity index (χ4v) is 3.36. The molecular formula is C20H20ClN3O3S. The molecule has 1 heterocycles. The van der Waals surface area contributed by atoms with Crippen molar-refractivity contribution in [2.75, 3.05) is 12.4 Å². The zero-order chi connectivity index (χ0) is 20.1. The van der Waals surface area contributed by atoms with E-state index in [9.17, 15) is 4.79 Å². The van der Waals surface area contributed by atoms with E-state index in [1.165, 1.54) is 11.3 Å². The summed E-state index contributed by atoms with van der Waals surface area (Å²) < 4.78 is 11.2. The summed E-state index contributed by atoms with van der Waals surface area (Å²) in [5.41, 5.74) is -0.0899. The first-order valence-corrected chi connectivity index (χ1v) is 9.77. The maximum atomic E-state index is 12.6. The number of methoxy groups -OCH3 is 1. The van der Waals surface area contributed by atoms with E-state index in [0.29, 0.717) is 22.3 Å². The number of carbonyl (C=O) groups is 1. The van der Waals surface area contributed by atoms with Gasteiger partial charge in [-0.25, -0.2) is 0 Å². The minimum atomic E-state index is -1.09. The number of para-hydroxylation sites is 1. The van der Waals surface area contributed by atoms with Gasteiger partial charge >= 0.3 is 0 Å². The third-order valence-electron chi connectivity index (χ3n) is 3.95. The third kappa shape index (κ3) is 4.99. The molecule has 0 aliphatic carbocycles. The van der Waals surface area contributed by atoms with Gasteiger partial charge in [0.15, 0.2) is 5.60 Å². The number of halogens is 1. The van der Waals surface area contributed by atoms with Gasteiger partial charge in [-0.2, -0.15) is 0 Å². The van der Waals surface area contributed by atoms with Crippen molar-refractivity contribution >= 4 is 34.0 Å². The molecule has 0 saturated carbocycles. The summed E-state index contributed by atoms with van der Waals surface area (Å²) in [7, 11) is 1.63. The standard InChI is InChI=1S/C20H20ClN3O3S/c1-20(2,27-15-10-8-14(21)9-11-15)18(25)22-19-24-23-17(28-19)12-13-6-4-5-7-16(13)26-3/h4-11H,12H2,1-3H3,(H,22,24,25). The van der Waals surface area contributed by atoms with Crippen LogP contribution in [0.15, 0.2) is 48.5 Å². The van der Waals surface area contributed by atoms with Gasteiger partial charge in [0.1, 0.15) is 16.5 Å². The number of anilines is 1. The lowest BCUT2D eigenvalue weighted by molar-refractivity contribution is -0.128. The molecule has 0 spiro atoms. The van der Waals surface area contributed by atoms with Gasteiger partial charge in [0.2, 0.25) is 5.13 Å².